The van der Waals surface area contributed by atoms with E-state index < -0.39 is 10.0 Å². The van der Waals surface area contributed by atoms with Gasteiger partial charge in [0.1, 0.15) is 0 Å². The van der Waals surface area contributed by atoms with Gasteiger partial charge in [0.15, 0.2) is 0 Å². The summed E-state index contributed by atoms with van der Waals surface area (Å²) in [5.41, 5.74) is 1.17. The van der Waals surface area contributed by atoms with Crippen molar-refractivity contribution in [2.24, 2.45) is 0 Å². The quantitative estimate of drug-likeness (QED) is 0.768. The van der Waals surface area contributed by atoms with Crippen LogP contribution in [0.1, 0.15) is 31.2 Å². The van der Waals surface area contributed by atoms with Crippen LogP contribution in [0.2, 0.25) is 5.02 Å². The molecule has 2 aromatic rings. The van der Waals surface area contributed by atoms with Crippen molar-refractivity contribution in [2.45, 2.75) is 42.7 Å². The van der Waals surface area contributed by atoms with Crippen molar-refractivity contribution in [3.8, 4) is 0 Å². The molecule has 2 aromatic carbocycles. The van der Waals surface area contributed by atoms with Crippen LogP contribution in [0, 0.1) is 0 Å². The average molecular weight is 405 g/mol. The minimum absolute atomic E-state index is 0.0558. The van der Waals surface area contributed by atoms with E-state index in [2.05, 4.69) is 17.0 Å². The maximum absolute atomic E-state index is 13.1. The van der Waals surface area contributed by atoms with Gasteiger partial charge in [0, 0.05) is 30.2 Å². The summed E-state index contributed by atoms with van der Waals surface area (Å²) in [5, 5.41) is 0.743. The standard InChI is InChI=1S/C21H25ClN2O2S/c22-19-10-8-18(9-11-19)16-23-14-4-12-21(23)13-5-15-24(17-21)27(25,26)20-6-2-1-3-7-20/h1-3,6-11H,4-5,12-17H2/t21-/m1/s1. The summed E-state index contributed by atoms with van der Waals surface area (Å²) >= 11 is 6.01. The highest BCUT2D eigenvalue weighted by molar-refractivity contribution is 7.89. The van der Waals surface area contributed by atoms with Crippen LogP contribution in [-0.4, -0.2) is 42.8 Å². The number of sulfonamides is 1. The SMILES string of the molecule is O=S(=O)(c1ccccc1)N1CCC[C@]2(CCCN2Cc2ccc(Cl)cc2)C1. The average Bonchev–Trinajstić information content (AvgIpc) is 3.05. The van der Waals surface area contributed by atoms with Gasteiger partial charge in [-0.1, -0.05) is 41.9 Å². The highest BCUT2D eigenvalue weighted by Gasteiger charge is 2.46. The Kier molecular flexibility index (Phi) is 5.30. The molecule has 2 aliphatic rings. The highest BCUT2D eigenvalue weighted by Crippen LogP contribution is 2.39. The molecular weight excluding hydrogens is 380 g/mol. The molecule has 2 fully saturated rings. The van der Waals surface area contributed by atoms with Crippen LogP contribution in [0.15, 0.2) is 59.5 Å². The van der Waals surface area contributed by atoms with Crippen molar-refractivity contribution >= 4 is 21.6 Å². The summed E-state index contributed by atoms with van der Waals surface area (Å²) in [4.78, 5) is 2.88. The molecule has 0 aromatic heterocycles. The molecule has 0 saturated carbocycles. The summed E-state index contributed by atoms with van der Waals surface area (Å²) in [7, 11) is -3.44. The Labute approximate surface area is 166 Å². The van der Waals surface area contributed by atoms with E-state index in [1.54, 1.807) is 28.6 Å². The minimum Gasteiger partial charge on any atom is -0.292 e. The van der Waals surface area contributed by atoms with Gasteiger partial charge in [-0.2, -0.15) is 4.31 Å². The maximum Gasteiger partial charge on any atom is 0.243 e. The lowest BCUT2D eigenvalue weighted by Gasteiger charge is -2.45. The van der Waals surface area contributed by atoms with Gasteiger partial charge >= 0.3 is 0 Å². The van der Waals surface area contributed by atoms with Gasteiger partial charge in [0.05, 0.1) is 4.90 Å². The van der Waals surface area contributed by atoms with Gasteiger partial charge in [-0.25, -0.2) is 8.42 Å². The molecule has 27 heavy (non-hydrogen) atoms. The first kappa shape index (κ1) is 18.9. The Hall–Kier alpha value is -1.40. The molecule has 144 valence electrons. The van der Waals surface area contributed by atoms with Crippen LogP contribution in [0.5, 0.6) is 0 Å². The molecule has 4 nitrogen and oxygen atoms in total. The smallest absolute Gasteiger partial charge is 0.243 e. The summed E-state index contributed by atoms with van der Waals surface area (Å²) in [6.45, 7) is 3.05. The zero-order valence-corrected chi connectivity index (χ0v) is 16.9. The maximum atomic E-state index is 13.1. The summed E-state index contributed by atoms with van der Waals surface area (Å²) in [5.74, 6) is 0. The van der Waals surface area contributed by atoms with E-state index in [1.165, 1.54) is 5.56 Å². The van der Waals surface area contributed by atoms with Crippen molar-refractivity contribution in [1.82, 2.24) is 9.21 Å². The number of nitrogens with zero attached hydrogens (tertiary/aromatic N) is 2. The molecular formula is C21H25ClN2O2S. The molecule has 2 saturated heterocycles. The third-order valence-electron chi connectivity index (χ3n) is 5.93. The monoisotopic (exact) mass is 404 g/mol. The number of hydrogen-bond acceptors (Lipinski definition) is 3. The van der Waals surface area contributed by atoms with Crippen molar-refractivity contribution in [3.05, 3.63) is 65.2 Å². The van der Waals surface area contributed by atoms with E-state index in [0.717, 1.165) is 43.8 Å². The molecule has 1 atom stereocenters. The fraction of sp³-hybridized carbons (Fsp3) is 0.429. The molecule has 6 heteroatoms. The van der Waals surface area contributed by atoms with Gasteiger partial charge < -0.3 is 0 Å². The van der Waals surface area contributed by atoms with Crippen molar-refractivity contribution in [1.29, 1.82) is 0 Å². The number of hydrogen-bond donors (Lipinski definition) is 0. The highest BCUT2D eigenvalue weighted by atomic mass is 35.5. The van der Waals surface area contributed by atoms with Crippen LogP contribution in [0.25, 0.3) is 0 Å². The zero-order chi connectivity index (χ0) is 18.9. The summed E-state index contributed by atoms with van der Waals surface area (Å²) in [6.07, 6.45) is 4.14. The normalized spacial score (nSPS) is 24.5. The number of halogens is 1. The topological polar surface area (TPSA) is 40.6 Å². The molecule has 0 bridgehead atoms. The van der Waals surface area contributed by atoms with E-state index in [9.17, 15) is 8.42 Å². The molecule has 0 N–H and O–H groups in total. The Morgan fingerprint density at radius 2 is 1.59 bits per heavy atom. The van der Waals surface area contributed by atoms with Crippen molar-refractivity contribution in [2.75, 3.05) is 19.6 Å². The van der Waals surface area contributed by atoms with Crippen LogP contribution >= 0.6 is 11.6 Å². The fourth-order valence-electron chi connectivity index (χ4n) is 4.53. The Balaban J connectivity index is 1.56. The minimum atomic E-state index is -3.44. The second kappa shape index (κ2) is 7.55. The Morgan fingerprint density at radius 3 is 2.30 bits per heavy atom. The van der Waals surface area contributed by atoms with Crippen LogP contribution < -0.4 is 0 Å². The molecule has 2 heterocycles. The van der Waals surface area contributed by atoms with E-state index in [4.69, 9.17) is 11.6 Å². The third-order valence-corrected chi connectivity index (χ3v) is 8.04. The van der Waals surface area contributed by atoms with Crippen LogP contribution in [0.4, 0.5) is 0 Å². The summed E-state index contributed by atoms with van der Waals surface area (Å²) < 4.78 is 27.9. The Bertz CT molecular complexity index is 886. The van der Waals surface area contributed by atoms with E-state index >= 15 is 0 Å². The van der Waals surface area contributed by atoms with Gasteiger partial charge in [0.2, 0.25) is 10.0 Å². The second-order valence-electron chi connectivity index (χ2n) is 7.63. The van der Waals surface area contributed by atoms with Gasteiger partial charge in [0.25, 0.3) is 0 Å². The number of piperidine rings is 1. The molecule has 0 radical (unpaired) electrons. The van der Waals surface area contributed by atoms with E-state index in [-0.39, 0.29) is 5.54 Å². The van der Waals surface area contributed by atoms with Gasteiger partial charge in [-0.15, -0.1) is 0 Å². The summed E-state index contributed by atoms with van der Waals surface area (Å²) in [6, 6.07) is 16.8. The van der Waals surface area contributed by atoms with Crippen molar-refractivity contribution < 1.29 is 8.42 Å². The second-order valence-corrected chi connectivity index (χ2v) is 10.0. The number of likely N-dealkylation sites (tertiary alicyclic amines) is 1. The van der Waals surface area contributed by atoms with Gasteiger partial charge in [-0.3, -0.25) is 4.90 Å². The lowest BCUT2D eigenvalue weighted by Crippen LogP contribution is -2.56. The predicted molar refractivity (Wildman–Crippen MR) is 108 cm³/mol. The first-order valence-corrected chi connectivity index (χ1v) is 11.4. The van der Waals surface area contributed by atoms with Crippen LogP contribution in [-0.2, 0) is 16.6 Å². The first-order valence-electron chi connectivity index (χ1n) is 9.54. The third kappa shape index (κ3) is 3.79. The zero-order valence-electron chi connectivity index (χ0n) is 15.4. The molecule has 0 aliphatic carbocycles. The lowest BCUT2D eigenvalue weighted by molar-refractivity contribution is 0.0679. The molecule has 2 aliphatic heterocycles. The largest absolute Gasteiger partial charge is 0.292 e. The first-order chi connectivity index (χ1) is 13.0. The van der Waals surface area contributed by atoms with Gasteiger partial charge in [-0.05, 0) is 62.1 Å². The fourth-order valence-corrected chi connectivity index (χ4v) is 6.24. The van der Waals surface area contributed by atoms with Crippen LogP contribution in [0.3, 0.4) is 0 Å². The van der Waals surface area contributed by atoms with Crippen molar-refractivity contribution in [3.63, 3.8) is 0 Å². The Morgan fingerprint density at radius 1 is 0.926 bits per heavy atom. The molecule has 0 amide bonds. The number of rotatable bonds is 4. The lowest BCUT2D eigenvalue weighted by atomic mass is 9.87. The molecule has 4 rings (SSSR count). The predicted octanol–water partition coefficient (Wildman–Crippen LogP) is 4.16. The van der Waals surface area contributed by atoms with E-state index in [0.29, 0.717) is 18.0 Å². The van der Waals surface area contributed by atoms with E-state index in [1.807, 2.05) is 18.2 Å². The molecule has 1 spiro atoms. The number of benzene rings is 2. The molecule has 0 unspecified atom stereocenters.